The molecule has 0 bridgehead atoms. The lowest BCUT2D eigenvalue weighted by Gasteiger charge is -2.32. The molecule has 2 rings (SSSR count). The molecule has 82 valence electrons. The smallest absolute Gasteiger partial charge is 0.251 e. The first kappa shape index (κ1) is 10.3. The number of rotatable bonds is 1. The Bertz CT molecular complexity index is 344. The van der Waals surface area contributed by atoms with E-state index in [-0.39, 0.29) is 12.8 Å². The van der Waals surface area contributed by atoms with Crippen molar-refractivity contribution in [3.05, 3.63) is 18.1 Å². The molecule has 1 aliphatic rings. The van der Waals surface area contributed by atoms with E-state index in [1.165, 1.54) is 0 Å². The van der Waals surface area contributed by atoms with Gasteiger partial charge in [0, 0.05) is 32.1 Å². The molecule has 1 saturated heterocycles. The fraction of sp³-hybridized carbons (Fsp3) is 0.600. The Kier molecular flexibility index (Phi) is 2.54. The molecule has 1 aromatic rings. The number of anilines is 1. The summed E-state index contributed by atoms with van der Waals surface area (Å²) in [6, 6.07) is 0. The molecule has 0 atom stereocenters. The van der Waals surface area contributed by atoms with Crippen molar-refractivity contribution in [3.63, 3.8) is 0 Å². The summed E-state index contributed by atoms with van der Waals surface area (Å²) >= 11 is 0. The lowest BCUT2D eigenvalue weighted by Crippen LogP contribution is -2.39. The Hall–Kier alpha value is -1.26. The SMILES string of the molecule is Cc1cncc(N2CCC(F)(F)CC2)n1. The van der Waals surface area contributed by atoms with Crippen LogP contribution in [0, 0.1) is 6.92 Å². The van der Waals surface area contributed by atoms with Crippen molar-refractivity contribution in [1.29, 1.82) is 0 Å². The van der Waals surface area contributed by atoms with Gasteiger partial charge in [-0.25, -0.2) is 13.8 Å². The highest BCUT2D eigenvalue weighted by Gasteiger charge is 2.34. The molecule has 0 unspecified atom stereocenters. The summed E-state index contributed by atoms with van der Waals surface area (Å²) in [5, 5.41) is 0. The average Bonchev–Trinajstić information content (AvgIpc) is 2.17. The van der Waals surface area contributed by atoms with Crippen LogP contribution in [-0.4, -0.2) is 29.0 Å². The van der Waals surface area contributed by atoms with E-state index in [4.69, 9.17) is 0 Å². The molecule has 0 aromatic carbocycles. The van der Waals surface area contributed by atoms with Crippen LogP contribution in [0.3, 0.4) is 0 Å². The lowest BCUT2D eigenvalue weighted by atomic mass is 10.1. The van der Waals surface area contributed by atoms with E-state index in [2.05, 4.69) is 9.97 Å². The van der Waals surface area contributed by atoms with Crippen molar-refractivity contribution in [2.24, 2.45) is 0 Å². The Balaban J connectivity index is 2.08. The van der Waals surface area contributed by atoms with Gasteiger partial charge in [-0.3, -0.25) is 4.98 Å². The minimum Gasteiger partial charge on any atom is -0.355 e. The average molecular weight is 213 g/mol. The quantitative estimate of drug-likeness (QED) is 0.714. The summed E-state index contributed by atoms with van der Waals surface area (Å²) in [5.74, 6) is -1.81. The summed E-state index contributed by atoms with van der Waals surface area (Å²) in [5.41, 5.74) is 0.810. The number of alkyl halides is 2. The van der Waals surface area contributed by atoms with Crippen molar-refractivity contribution in [2.75, 3.05) is 18.0 Å². The van der Waals surface area contributed by atoms with Crippen molar-refractivity contribution in [3.8, 4) is 0 Å². The summed E-state index contributed by atoms with van der Waals surface area (Å²) in [6.07, 6.45) is 3.09. The van der Waals surface area contributed by atoms with Gasteiger partial charge >= 0.3 is 0 Å². The zero-order valence-electron chi connectivity index (χ0n) is 8.58. The van der Waals surface area contributed by atoms with E-state index in [9.17, 15) is 8.78 Å². The number of hydrogen-bond donors (Lipinski definition) is 0. The van der Waals surface area contributed by atoms with Crippen molar-refractivity contribution >= 4 is 5.82 Å². The Morgan fingerprint density at radius 2 is 1.93 bits per heavy atom. The zero-order chi connectivity index (χ0) is 10.9. The molecule has 0 spiro atoms. The predicted octanol–water partition coefficient (Wildman–Crippen LogP) is 2.02. The molecule has 0 saturated carbocycles. The van der Waals surface area contributed by atoms with Crippen LogP contribution in [-0.2, 0) is 0 Å². The van der Waals surface area contributed by atoms with Crippen LogP contribution in [0.5, 0.6) is 0 Å². The van der Waals surface area contributed by atoms with Gasteiger partial charge in [-0.2, -0.15) is 0 Å². The third kappa shape index (κ3) is 2.40. The van der Waals surface area contributed by atoms with Crippen LogP contribution < -0.4 is 4.90 Å². The topological polar surface area (TPSA) is 29.0 Å². The van der Waals surface area contributed by atoms with E-state index >= 15 is 0 Å². The van der Waals surface area contributed by atoms with Gasteiger partial charge in [-0.05, 0) is 6.92 Å². The predicted molar refractivity (Wildman–Crippen MR) is 53.2 cm³/mol. The molecule has 0 N–H and O–H groups in total. The minimum absolute atomic E-state index is 0.0946. The van der Waals surface area contributed by atoms with Crippen LogP contribution in [0.25, 0.3) is 0 Å². The molecule has 0 radical (unpaired) electrons. The van der Waals surface area contributed by atoms with E-state index < -0.39 is 5.92 Å². The highest BCUT2D eigenvalue weighted by Crippen LogP contribution is 2.29. The molecule has 5 heteroatoms. The number of piperidine rings is 1. The minimum atomic E-state index is -2.51. The second-order valence-electron chi connectivity index (χ2n) is 3.86. The molecule has 1 fully saturated rings. The van der Waals surface area contributed by atoms with Crippen molar-refractivity contribution < 1.29 is 8.78 Å². The van der Waals surface area contributed by atoms with Crippen LogP contribution in [0.15, 0.2) is 12.4 Å². The van der Waals surface area contributed by atoms with Gasteiger partial charge in [-0.1, -0.05) is 0 Å². The summed E-state index contributed by atoms with van der Waals surface area (Å²) in [4.78, 5) is 10.1. The van der Waals surface area contributed by atoms with Gasteiger partial charge in [0.15, 0.2) is 0 Å². The van der Waals surface area contributed by atoms with Crippen molar-refractivity contribution in [2.45, 2.75) is 25.7 Å². The fourth-order valence-electron chi connectivity index (χ4n) is 1.67. The van der Waals surface area contributed by atoms with Crippen LogP contribution in [0.2, 0.25) is 0 Å². The van der Waals surface area contributed by atoms with Gasteiger partial charge in [0.1, 0.15) is 5.82 Å². The first-order valence-corrected chi connectivity index (χ1v) is 4.98. The molecule has 0 amide bonds. The Labute approximate surface area is 87.1 Å². The highest BCUT2D eigenvalue weighted by molar-refractivity contribution is 5.36. The number of aryl methyl sites for hydroxylation is 1. The van der Waals surface area contributed by atoms with Crippen LogP contribution in [0.4, 0.5) is 14.6 Å². The fourth-order valence-corrected chi connectivity index (χ4v) is 1.67. The van der Waals surface area contributed by atoms with Gasteiger partial charge in [0.05, 0.1) is 11.9 Å². The van der Waals surface area contributed by atoms with Crippen LogP contribution >= 0.6 is 0 Å². The Morgan fingerprint density at radius 3 is 2.53 bits per heavy atom. The van der Waals surface area contributed by atoms with Gasteiger partial charge < -0.3 is 4.90 Å². The van der Waals surface area contributed by atoms with Gasteiger partial charge in [-0.15, -0.1) is 0 Å². The molecule has 15 heavy (non-hydrogen) atoms. The summed E-state index contributed by atoms with van der Waals surface area (Å²) in [6.45, 7) is 2.55. The third-order valence-electron chi connectivity index (χ3n) is 2.56. The summed E-state index contributed by atoms with van der Waals surface area (Å²) < 4.78 is 25.8. The first-order valence-electron chi connectivity index (χ1n) is 4.98. The van der Waals surface area contributed by atoms with E-state index in [0.717, 1.165) is 5.69 Å². The monoisotopic (exact) mass is 213 g/mol. The van der Waals surface area contributed by atoms with Crippen LogP contribution in [0.1, 0.15) is 18.5 Å². The van der Waals surface area contributed by atoms with Gasteiger partial charge in [0.2, 0.25) is 0 Å². The zero-order valence-corrected chi connectivity index (χ0v) is 8.58. The van der Waals surface area contributed by atoms with Crippen molar-refractivity contribution in [1.82, 2.24) is 9.97 Å². The van der Waals surface area contributed by atoms with E-state index in [1.54, 1.807) is 12.4 Å². The normalized spacial score (nSPS) is 20.3. The molecule has 0 aliphatic carbocycles. The maximum absolute atomic E-state index is 12.9. The van der Waals surface area contributed by atoms with Gasteiger partial charge in [0.25, 0.3) is 5.92 Å². The van der Waals surface area contributed by atoms with E-state index in [1.807, 2.05) is 11.8 Å². The highest BCUT2D eigenvalue weighted by atomic mass is 19.3. The number of hydrogen-bond acceptors (Lipinski definition) is 3. The Morgan fingerprint density at radius 1 is 1.27 bits per heavy atom. The maximum atomic E-state index is 12.9. The first-order chi connectivity index (χ1) is 7.07. The molecular formula is C10H13F2N3. The lowest BCUT2D eigenvalue weighted by molar-refractivity contribution is -0.0221. The number of nitrogens with zero attached hydrogens (tertiary/aromatic N) is 3. The summed E-state index contributed by atoms with van der Waals surface area (Å²) in [7, 11) is 0. The molecular weight excluding hydrogens is 200 g/mol. The maximum Gasteiger partial charge on any atom is 0.251 e. The molecule has 1 aromatic heterocycles. The third-order valence-corrected chi connectivity index (χ3v) is 2.56. The molecule has 2 heterocycles. The number of halogens is 2. The second kappa shape index (κ2) is 3.72. The number of aromatic nitrogens is 2. The van der Waals surface area contributed by atoms with E-state index in [0.29, 0.717) is 18.9 Å². The second-order valence-corrected chi connectivity index (χ2v) is 3.86. The molecule has 3 nitrogen and oxygen atoms in total. The largest absolute Gasteiger partial charge is 0.355 e. The molecule has 1 aliphatic heterocycles. The standard InChI is InChI=1S/C10H13F2N3/c1-8-6-13-7-9(14-8)15-4-2-10(11,12)3-5-15/h6-7H,2-5H2,1H3.